The summed E-state index contributed by atoms with van der Waals surface area (Å²) in [6, 6.07) is 0.824. The van der Waals surface area contributed by atoms with E-state index >= 15 is 0 Å². The Kier molecular flexibility index (Phi) is 5.51. The summed E-state index contributed by atoms with van der Waals surface area (Å²) in [5.41, 5.74) is 0.151. The minimum Gasteiger partial charge on any atom is -0.444 e. The minimum absolute atomic E-state index is 0.109. The van der Waals surface area contributed by atoms with Crippen LogP contribution in [-0.2, 0) is 4.74 Å². The van der Waals surface area contributed by atoms with Crippen LogP contribution >= 0.6 is 11.6 Å². The third kappa shape index (κ3) is 5.54. The van der Waals surface area contributed by atoms with E-state index < -0.39 is 17.7 Å². The zero-order valence-electron chi connectivity index (χ0n) is 14.3. The lowest BCUT2D eigenvalue weighted by atomic mass is 10.1. The number of hydrogen-bond donors (Lipinski definition) is 1. The maximum atomic E-state index is 12.4. The highest BCUT2D eigenvalue weighted by molar-refractivity contribution is 6.34. The van der Waals surface area contributed by atoms with Crippen LogP contribution < -0.4 is 5.32 Å². The van der Waals surface area contributed by atoms with E-state index in [1.165, 1.54) is 6.20 Å². The van der Waals surface area contributed by atoms with Gasteiger partial charge in [0, 0.05) is 17.7 Å². The van der Waals surface area contributed by atoms with Gasteiger partial charge in [-0.05, 0) is 46.6 Å². The van der Waals surface area contributed by atoms with Crippen LogP contribution in [0.5, 0.6) is 0 Å². The molecular formula is C18H21ClN2O3. The summed E-state index contributed by atoms with van der Waals surface area (Å²) in [5.74, 6) is 6.21. The van der Waals surface area contributed by atoms with Gasteiger partial charge < -0.3 is 10.1 Å². The van der Waals surface area contributed by atoms with Crippen molar-refractivity contribution in [3.8, 4) is 11.8 Å². The van der Waals surface area contributed by atoms with E-state index in [2.05, 4.69) is 22.1 Å². The number of Topliss-reactive ketones (excluding diaryl/α,β-unsaturated/α-hetero) is 1. The second-order valence-electron chi connectivity index (χ2n) is 6.83. The van der Waals surface area contributed by atoms with Crippen molar-refractivity contribution in [2.24, 2.45) is 5.92 Å². The number of ketones is 1. The Morgan fingerprint density at radius 1 is 1.42 bits per heavy atom. The Balaban J connectivity index is 2.03. The smallest absolute Gasteiger partial charge is 0.408 e. The molecule has 6 heteroatoms. The molecule has 0 aromatic carbocycles. The summed E-state index contributed by atoms with van der Waals surface area (Å²) in [5, 5.41) is 2.71. The van der Waals surface area contributed by atoms with Crippen molar-refractivity contribution in [3.63, 3.8) is 0 Å². The van der Waals surface area contributed by atoms with Gasteiger partial charge in [0.2, 0.25) is 5.78 Å². The number of nitrogens with one attached hydrogen (secondary N) is 1. The molecule has 1 atom stereocenters. The Morgan fingerprint density at radius 3 is 2.62 bits per heavy atom. The highest BCUT2D eigenvalue weighted by Gasteiger charge is 2.24. The Hall–Kier alpha value is -2.06. The average Bonchev–Trinajstić information content (AvgIpc) is 3.26. The SMILES string of the molecule is CC(NC(=O)OC(C)(C)C)C(=O)c1ncc(C#CC2CC2)cc1Cl. The Morgan fingerprint density at radius 2 is 2.08 bits per heavy atom. The van der Waals surface area contributed by atoms with E-state index in [0.29, 0.717) is 11.5 Å². The molecular weight excluding hydrogens is 328 g/mol. The lowest BCUT2D eigenvalue weighted by Crippen LogP contribution is -2.42. The maximum Gasteiger partial charge on any atom is 0.408 e. The molecule has 1 aromatic heterocycles. The zero-order chi connectivity index (χ0) is 17.9. The van der Waals surface area contributed by atoms with Gasteiger partial charge in [-0.15, -0.1) is 0 Å². The fourth-order valence-corrected chi connectivity index (χ4v) is 2.12. The number of rotatable bonds is 3. The predicted molar refractivity (Wildman–Crippen MR) is 92.0 cm³/mol. The molecule has 1 fully saturated rings. The Bertz CT molecular complexity index is 709. The number of nitrogens with zero attached hydrogens (tertiary/aromatic N) is 1. The minimum atomic E-state index is -0.798. The van der Waals surface area contributed by atoms with Crippen LogP contribution in [0.4, 0.5) is 4.79 Å². The number of carbonyl (C=O) groups is 2. The summed E-state index contributed by atoms with van der Waals surface area (Å²) >= 11 is 6.15. The van der Waals surface area contributed by atoms with Crippen LogP contribution in [0.1, 0.15) is 56.6 Å². The molecule has 1 unspecified atom stereocenters. The number of aromatic nitrogens is 1. The van der Waals surface area contributed by atoms with Crippen molar-refractivity contribution in [2.75, 3.05) is 0 Å². The van der Waals surface area contributed by atoms with E-state index in [0.717, 1.165) is 12.8 Å². The fourth-order valence-electron chi connectivity index (χ4n) is 1.86. The lowest BCUT2D eigenvalue weighted by Gasteiger charge is -2.21. The molecule has 0 aliphatic heterocycles. The highest BCUT2D eigenvalue weighted by Crippen LogP contribution is 2.27. The largest absolute Gasteiger partial charge is 0.444 e. The van der Waals surface area contributed by atoms with Crippen molar-refractivity contribution in [1.82, 2.24) is 10.3 Å². The van der Waals surface area contributed by atoms with Gasteiger partial charge in [-0.3, -0.25) is 9.78 Å². The summed E-state index contributed by atoms with van der Waals surface area (Å²) in [6.45, 7) is 6.81. The van der Waals surface area contributed by atoms with Crippen molar-refractivity contribution in [1.29, 1.82) is 0 Å². The van der Waals surface area contributed by atoms with Crippen LogP contribution in [0, 0.1) is 17.8 Å². The summed E-state index contributed by atoms with van der Waals surface area (Å²) in [6.07, 6.45) is 3.14. The number of halogens is 1. The number of alkyl carbamates (subject to hydrolysis) is 1. The van der Waals surface area contributed by atoms with Crippen LogP contribution in [0.2, 0.25) is 5.02 Å². The molecule has 0 spiro atoms. The van der Waals surface area contributed by atoms with Gasteiger partial charge in [-0.2, -0.15) is 0 Å². The van der Waals surface area contributed by atoms with Gasteiger partial charge in [0.25, 0.3) is 0 Å². The highest BCUT2D eigenvalue weighted by atomic mass is 35.5. The summed E-state index contributed by atoms with van der Waals surface area (Å²) < 4.78 is 5.13. The molecule has 1 aliphatic rings. The van der Waals surface area contributed by atoms with Gasteiger partial charge in [-0.1, -0.05) is 23.4 Å². The van der Waals surface area contributed by atoms with Crippen LogP contribution in [0.25, 0.3) is 0 Å². The standard InChI is InChI=1S/C18H21ClN2O3/c1-11(21-17(23)24-18(2,3)4)16(22)15-14(19)9-13(10-20-15)8-7-12-5-6-12/h9-12H,5-6H2,1-4H3,(H,21,23). The molecule has 1 amide bonds. The lowest BCUT2D eigenvalue weighted by molar-refractivity contribution is 0.0496. The van der Waals surface area contributed by atoms with Gasteiger partial charge in [0.15, 0.2) is 0 Å². The number of pyridine rings is 1. The number of amides is 1. The molecule has 0 saturated heterocycles. The molecule has 1 N–H and O–H groups in total. The normalized spacial score (nSPS) is 15.0. The third-order valence-corrected chi connectivity index (χ3v) is 3.49. The molecule has 1 saturated carbocycles. The number of hydrogen-bond acceptors (Lipinski definition) is 4. The third-order valence-electron chi connectivity index (χ3n) is 3.20. The second-order valence-corrected chi connectivity index (χ2v) is 7.24. The first-order chi connectivity index (χ1) is 11.2. The number of carbonyl (C=O) groups excluding carboxylic acids is 2. The van der Waals surface area contributed by atoms with Crippen LogP contribution in [0.3, 0.4) is 0 Å². The molecule has 2 rings (SSSR count). The Labute approximate surface area is 147 Å². The quantitative estimate of drug-likeness (QED) is 0.669. The fraction of sp³-hybridized carbons (Fsp3) is 0.500. The van der Waals surface area contributed by atoms with Gasteiger partial charge >= 0.3 is 6.09 Å². The number of ether oxygens (including phenoxy) is 1. The van der Waals surface area contributed by atoms with Gasteiger partial charge in [-0.25, -0.2) is 4.79 Å². The van der Waals surface area contributed by atoms with Gasteiger partial charge in [0.1, 0.15) is 11.3 Å². The first-order valence-corrected chi connectivity index (χ1v) is 8.24. The molecule has 5 nitrogen and oxygen atoms in total. The van der Waals surface area contributed by atoms with Crippen molar-refractivity contribution in [2.45, 2.75) is 52.2 Å². The first-order valence-electron chi connectivity index (χ1n) is 7.86. The first kappa shape index (κ1) is 18.3. The zero-order valence-corrected chi connectivity index (χ0v) is 15.0. The topological polar surface area (TPSA) is 68.3 Å². The van der Waals surface area contributed by atoms with E-state index in [4.69, 9.17) is 16.3 Å². The van der Waals surface area contributed by atoms with E-state index in [1.54, 1.807) is 33.8 Å². The predicted octanol–water partition coefficient (Wildman–Crippen LogP) is 3.59. The monoisotopic (exact) mass is 348 g/mol. The maximum absolute atomic E-state index is 12.4. The molecule has 1 heterocycles. The van der Waals surface area contributed by atoms with Crippen molar-refractivity contribution < 1.29 is 14.3 Å². The average molecular weight is 349 g/mol. The molecule has 1 aromatic rings. The summed E-state index contributed by atoms with van der Waals surface area (Å²) in [4.78, 5) is 28.2. The van der Waals surface area contributed by atoms with Crippen molar-refractivity contribution in [3.05, 3.63) is 28.5 Å². The molecule has 0 radical (unpaired) electrons. The summed E-state index contributed by atoms with van der Waals surface area (Å²) in [7, 11) is 0. The second kappa shape index (κ2) is 7.23. The van der Waals surface area contributed by atoms with Crippen LogP contribution in [-0.4, -0.2) is 28.5 Å². The molecule has 24 heavy (non-hydrogen) atoms. The molecule has 128 valence electrons. The van der Waals surface area contributed by atoms with E-state index in [9.17, 15) is 9.59 Å². The van der Waals surface area contributed by atoms with Gasteiger partial charge in [0.05, 0.1) is 11.1 Å². The molecule has 0 bridgehead atoms. The van der Waals surface area contributed by atoms with Crippen LogP contribution in [0.15, 0.2) is 12.3 Å². The van der Waals surface area contributed by atoms with E-state index in [1.807, 2.05) is 0 Å². The van der Waals surface area contributed by atoms with E-state index in [-0.39, 0.29) is 16.5 Å². The molecule has 1 aliphatic carbocycles. The van der Waals surface area contributed by atoms with Crippen molar-refractivity contribution >= 4 is 23.5 Å².